The van der Waals surface area contributed by atoms with Gasteiger partial charge < -0.3 is 9.64 Å². The van der Waals surface area contributed by atoms with E-state index in [1.807, 2.05) is 18.2 Å². The number of aryl methyl sites for hydroxylation is 1. The highest BCUT2D eigenvalue weighted by molar-refractivity contribution is 6.08. The first kappa shape index (κ1) is 22.0. The van der Waals surface area contributed by atoms with Gasteiger partial charge in [0, 0.05) is 37.9 Å². The van der Waals surface area contributed by atoms with E-state index in [-0.39, 0.29) is 31.3 Å². The molecule has 0 aliphatic carbocycles. The zero-order valence-electron chi connectivity index (χ0n) is 18.7. The molecule has 2 fully saturated rings. The lowest BCUT2D eigenvalue weighted by molar-refractivity contribution is -0.120. The van der Waals surface area contributed by atoms with E-state index < -0.39 is 23.9 Å². The van der Waals surface area contributed by atoms with Gasteiger partial charge in [-0.1, -0.05) is 6.07 Å². The molecule has 3 heterocycles. The number of rotatable bonds is 2. The molecule has 0 saturated carbocycles. The van der Waals surface area contributed by atoms with Crippen LogP contribution in [-0.4, -0.2) is 64.1 Å². The predicted molar refractivity (Wildman–Crippen MR) is 116 cm³/mol. The third kappa shape index (κ3) is 4.26. The fourth-order valence-corrected chi connectivity index (χ4v) is 4.22. The number of benzene rings is 1. The van der Waals surface area contributed by atoms with Crippen molar-refractivity contribution in [2.75, 3.05) is 24.5 Å². The van der Waals surface area contributed by atoms with Gasteiger partial charge in [0.15, 0.2) is 5.82 Å². The number of likely N-dealkylation sites (tertiary alicyclic amines) is 1. The van der Waals surface area contributed by atoms with Crippen molar-refractivity contribution >= 4 is 34.8 Å². The third-order valence-electron chi connectivity index (χ3n) is 5.79. The van der Waals surface area contributed by atoms with Crippen LogP contribution >= 0.6 is 0 Å². The van der Waals surface area contributed by atoms with Crippen LogP contribution in [0, 0.1) is 0 Å². The van der Waals surface area contributed by atoms with Gasteiger partial charge >= 0.3 is 12.1 Å². The van der Waals surface area contributed by atoms with Gasteiger partial charge in [-0.05, 0) is 44.9 Å². The average molecular weight is 445 g/mol. The highest BCUT2D eigenvalue weighted by Crippen LogP contribution is 2.35. The molecule has 32 heavy (non-hydrogen) atoms. The maximum Gasteiger partial charge on any atom is 0.410 e. The number of alkyl halides is 1. The number of amides is 4. The summed E-state index contributed by atoms with van der Waals surface area (Å²) in [7, 11) is 1.76. The van der Waals surface area contributed by atoms with Gasteiger partial charge in [0.25, 0.3) is 0 Å². The van der Waals surface area contributed by atoms with Crippen LogP contribution in [0.5, 0.6) is 0 Å². The maximum atomic E-state index is 15.1. The molecule has 10 heteroatoms. The lowest BCUT2D eigenvalue weighted by Gasteiger charge is -2.35. The number of hydrogen-bond donors (Lipinski definition) is 1. The molecule has 2 saturated heterocycles. The molecule has 1 N–H and O–H groups in total. The molecule has 1 aromatic heterocycles. The highest BCUT2D eigenvalue weighted by atomic mass is 19.1. The standard InChI is InChI=1S/C22H28FN5O4/c1-22(2,3)32-21(31)27-9-7-14(16(23)12-27)13-5-6-15-17(11-13)26(4)25-19(15)28-10-8-18(29)24-20(28)30/h5-6,11,14,16H,7-10,12H2,1-4H3,(H,24,29,30). The van der Waals surface area contributed by atoms with Crippen LogP contribution in [0.1, 0.15) is 45.1 Å². The Balaban J connectivity index is 1.54. The lowest BCUT2D eigenvalue weighted by Crippen LogP contribution is -2.49. The Morgan fingerprint density at radius 1 is 1.25 bits per heavy atom. The van der Waals surface area contributed by atoms with Crippen LogP contribution in [0.3, 0.4) is 0 Å². The van der Waals surface area contributed by atoms with Crippen molar-refractivity contribution in [1.82, 2.24) is 20.0 Å². The molecule has 4 rings (SSSR count). The van der Waals surface area contributed by atoms with Gasteiger partial charge in [0.1, 0.15) is 11.8 Å². The van der Waals surface area contributed by atoms with Gasteiger partial charge in [-0.25, -0.2) is 14.0 Å². The van der Waals surface area contributed by atoms with Crippen molar-refractivity contribution in [3.8, 4) is 0 Å². The number of aromatic nitrogens is 2. The number of halogens is 1. The van der Waals surface area contributed by atoms with Gasteiger partial charge in [-0.15, -0.1) is 0 Å². The van der Waals surface area contributed by atoms with Crippen LogP contribution in [0.4, 0.5) is 19.8 Å². The van der Waals surface area contributed by atoms with Crippen LogP contribution in [0.15, 0.2) is 18.2 Å². The number of fused-ring (bicyclic) bond motifs is 1. The van der Waals surface area contributed by atoms with E-state index in [2.05, 4.69) is 10.4 Å². The van der Waals surface area contributed by atoms with Crippen LogP contribution < -0.4 is 10.2 Å². The first-order valence-electron chi connectivity index (χ1n) is 10.7. The van der Waals surface area contributed by atoms with E-state index in [4.69, 9.17) is 4.74 Å². The zero-order valence-corrected chi connectivity index (χ0v) is 18.7. The minimum Gasteiger partial charge on any atom is -0.444 e. The largest absolute Gasteiger partial charge is 0.444 e. The molecule has 2 unspecified atom stereocenters. The van der Waals surface area contributed by atoms with E-state index >= 15 is 4.39 Å². The van der Waals surface area contributed by atoms with E-state index in [0.29, 0.717) is 18.8 Å². The molecule has 9 nitrogen and oxygen atoms in total. The summed E-state index contributed by atoms with van der Waals surface area (Å²) in [4.78, 5) is 38.8. The molecule has 4 amide bonds. The monoisotopic (exact) mass is 445 g/mol. The van der Waals surface area contributed by atoms with Gasteiger partial charge in [0.05, 0.1) is 12.1 Å². The first-order chi connectivity index (χ1) is 15.0. The number of piperidine rings is 1. The molecule has 0 spiro atoms. The number of anilines is 1. The zero-order chi connectivity index (χ0) is 23.2. The normalized spacial score (nSPS) is 22.3. The molecule has 172 valence electrons. The van der Waals surface area contributed by atoms with Crippen molar-refractivity contribution in [2.24, 2.45) is 7.05 Å². The minimum absolute atomic E-state index is 0.0176. The molecule has 2 atom stereocenters. The number of carbonyl (C=O) groups excluding carboxylic acids is 3. The molecule has 0 radical (unpaired) electrons. The Morgan fingerprint density at radius 3 is 2.66 bits per heavy atom. The number of carbonyl (C=O) groups is 3. The Bertz CT molecular complexity index is 1080. The quantitative estimate of drug-likeness (QED) is 0.766. The first-order valence-corrected chi connectivity index (χ1v) is 10.7. The third-order valence-corrected chi connectivity index (χ3v) is 5.79. The summed E-state index contributed by atoms with van der Waals surface area (Å²) in [6.07, 6.45) is -1.03. The van der Waals surface area contributed by atoms with Crippen LogP contribution in [0.2, 0.25) is 0 Å². The molecule has 2 aliphatic rings. The molecular weight excluding hydrogens is 417 g/mol. The summed E-state index contributed by atoms with van der Waals surface area (Å²) >= 11 is 0. The van der Waals surface area contributed by atoms with Gasteiger partial charge in [-0.3, -0.25) is 19.7 Å². The smallest absolute Gasteiger partial charge is 0.410 e. The summed E-state index contributed by atoms with van der Waals surface area (Å²) in [6.45, 7) is 6.01. The summed E-state index contributed by atoms with van der Waals surface area (Å²) in [5.41, 5.74) is 0.964. The van der Waals surface area contributed by atoms with Crippen molar-refractivity contribution in [1.29, 1.82) is 0 Å². The highest BCUT2D eigenvalue weighted by Gasteiger charge is 2.35. The fourth-order valence-electron chi connectivity index (χ4n) is 4.22. The van der Waals surface area contributed by atoms with Crippen LogP contribution in [-0.2, 0) is 16.6 Å². The van der Waals surface area contributed by atoms with Crippen molar-refractivity contribution in [3.63, 3.8) is 0 Å². The van der Waals surface area contributed by atoms with E-state index in [0.717, 1.165) is 16.5 Å². The van der Waals surface area contributed by atoms with Gasteiger partial charge in [0.2, 0.25) is 5.91 Å². The van der Waals surface area contributed by atoms with Crippen molar-refractivity contribution in [2.45, 2.75) is 51.3 Å². The fraction of sp³-hybridized carbons (Fsp3) is 0.545. The van der Waals surface area contributed by atoms with Crippen LogP contribution in [0.25, 0.3) is 10.9 Å². The predicted octanol–water partition coefficient (Wildman–Crippen LogP) is 3.08. The molecule has 0 bridgehead atoms. The molecule has 2 aromatic rings. The lowest BCUT2D eigenvalue weighted by atomic mass is 9.87. The SMILES string of the molecule is Cn1nc(N2CCC(=O)NC2=O)c2ccc(C3CCN(C(=O)OC(C)(C)C)CC3F)cc21. The summed E-state index contributed by atoms with van der Waals surface area (Å²) < 4.78 is 22.1. The molecular formula is C22H28FN5O4. The molecule has 1 aromatic carbocycles. The number of imide groups is 1. The number of ether oxygens (including phenoxy) is 1. The topological polar surface area (TPSA) is 96.8 Å². The van der Waals surface area contributed by atoms with Crippen molar-refractivity contribution < 1.29 is 23.5 Å². The Morgan fingerprint density at radius 2 is 2.00 bits per heavy atom. The number of nitrogens with zero attached hydrogens (tertiary/aromatic N) is 4. The number of nitrogens with one attached hydrogen (secondary N) is 1. The average Bonchev–Trinajstić information content (AvgIpc) is 3.02. The van der Waals surface area contributed by atoms with E-state index in [1.54, 1.807) is 32.5 Å². The van der Waals surface area contributed by atoms with E-state index in [1.165, 1.54) is 9.80 Å². The second-order valence-electron chi connectivity index (χ2n) is 9.32. The summed E-state index contributed by atoms with van der Waals surface area (Å²) in [5, 5.41) is 7.53. The Kier molecular flexibility index (Phi) is 5.56. The summed E-state index contributed by atoms with van der Waals surface area (Å²) in [5.74, 6) is -0.191. The number of hydrogen-bond acceptors (Lipinski definition) is 5. The second-order valence-corrected chi connectivity index (χ2v) is 9.32. The van der Waals surface area contributed by atoms with Crippen molar-refractivity contribution in [3.05, 3.63) is 23.8 Å². The summed E-state index contributed by atoms with van der Waals surface area (Å²) in [6, 6.07) is 5.08. The Hall–Kier alpha value is -3.17. The maximum absolute atomic E-state index is 15.1. The van der Waals surface area contributed by atoms with E-state index in [9.17, 15) is 14.4 Å². The Labute approximate surface area is 185 Å². The molecule has 2 aliphatic heterocycles. The van der Waals surface area contributed by atoms with Gasteiger partial charge in [-0.2, -0.15) is 5.10 Å². The minimum atomic E-state index is -1.22. The number of urea groups is 1. The second kappa shape index (κ2) is 8.07.